The molecule has 3 heteroatoms. The highest BCUT2D eigenvalue weighted by Crippen LogP contribution is 2.28. The Labute approximate surface area is 115 Å². The van der Waals surface area contributed by atoms with E-state index in [1.54, 1.807) is 0 Å². The van der Waals surface area contributed by atoms with Crippen molar-refractivity contribution in [2.24, 2.45) is 17.6 Å². The molecule has 3 N–H and O–H groups in total. The minimum atomic E-state index is 0.461. The topological polar surface area (TPSA) is 38.0 Å². The van der Waals surface area contributed by atoms with Crippen LogP contribution in [0.1, 0.15) is 38.2 Å². The van der Waals surface area contributed by atoms with Crippen LogP contribution < -0.4 is 11.1 Å². The third-order valence-corrected chi connectivity index (χ3v) is 4.04. The van der Waals surface area contributed by atoms with Crippen LogP contribution in [0.15, 0.2) is 24.3 Å². The van der Waals surface area contributed by atoms with Gasteiger partial charge in [0.25, 0.3) is 0 Å². The van der Waals surface area contributed by atoms with Gasteiger partial charge in [0.1, 0.15) is 4.99 Å². The molecular formula is C15H22N2S. The fraction of sp³-hybridized carbons (Fsp3) is 0.533. The number of benzene rings is 1. The number of thiocarbonyl (C=S) groups is 1. The van der Waals surface area contributed by atoms with Crippen molar-refractivity contribution in [2.45, 2.75) is 32.6 Å². The molecule has 1 fully saturated rings. The Hall–Kier alpha value is -1.09. The molecule has 2 unspecified atom stereocenters. The zero-order chi connectivity index (χ0) is 13.0. The first-order valence-corrected chi connectivity index (χ1v) is 7.19. The molecule has 2 atom stereocenters. The van der Waals surface area contributed by atoms with Crippen LogP contribution in [0.4, 0.5) is 5.69 Å². The lowest BCUT2D eigenvalue weighted by Gasteiger charge is -2.27. The van der Waals surface area contributed by atoms with Gasteiger partial charge < -0.3 is 11.1 Å². The number of nitrogens with one attached hydrogen (secondary N) is 1. The second-order valence-electron chi connectivity index (χ2n) is 5.46. The maximum atomic E-state index is 5.58. The summed E-state index contributed by atoms with van der Waals surface area (Å²) in [6.07, 6.45) is 5.51. The maximum Gasteiger partial charge on any atom is 0.103 e. The van der Waals surface area contributed by atoms with Crippen LogP contribution in [-0.2, 0) is 0 Å². The molecule has 1 aliphatic rings. The van der Waals surface area contributed by atoms with E-state index in [1.807, 2.05) is 12.1 Å². The third kappa shape index (κ3) is 3.70. The molecule has 1 saturated carbocycles. The van der Waals surface area contributed by atoms with Crippen LogP contribution in [0.2, 0.25) is 0 Å². The van der Waals surface area contributed by atoms with Crippen molar-refractivity contribution in [3.63, 3.8) is 0 Å². The van der Waals surface area contributed by atoms with Gasteiger partial charge in [0, 0.05) is 17.8 Å². The van der Waals surface area contributed by atoms with E-state index >= 15 is 0 Å². The molecule has 0 spiro atoms. The summed E-state index contributed by atoms with van der Waals surface area (Å²) in [5.41, 5.74) is 7.67. The van der Waals surface area contributed by atoms with E-state index in [-0.39, 0.29) is 0 Å². The van der Waals surface area contributed by atoms with Crippen molar-refractivity contribution in [1.82, 2.24) is 0 Å². The summed E-state index contributed by atoms with van der Waals surface area (Å²) in [5.74, 6) is 1.71. The molecule has 0 heterocycles. The minimum Gasteiger partial charge on any atom is -0.389 e. The van der Waals surface area contributed by atoms with Crippen LogP contribution in [0.5, 0.6) is 0 Å². The Kier molecular flexibility index (Phi) is 4.59. The lowest BCUT2D eigenvalue weighted by molar-refractivity contribution is 0.293. The minimum absolute atomic E-state index is 0.461. The molecule has 0 aromatic heterocycles. The van der Waals surface area contributed by atoms with Gasteiger partial charge in [0.2, 0.25) is 0 Å². The van der Waals surface area contributed by atoms with Crippen LogP contribution >= 0.6 is 12.2 Å². The molecule has 0 amide bonds. The summed E-state index contributed by atoms with van der Waals surface area (Å²) in [7, 11) is 0. The number of anilines is 1. The number of nitrogens with two attached hydrogens (primary N) is 1. The summed E-state index contributed by atoms with van der Waals surface area (Å²) in [6, 6.07) is 8.07. The van der Waals surface area contributed by atoms with E-state index in [0.29, 0.717) is 4.99 Å². The van der Waals surface area contributed by atoms with Crippen LogP contribution in [0, 0.1) is 11.8 Å². The first kappa shape index (κ1) is 13.3. The van der Waals surface area contributed by atoms with Crippen LogP contribution in [0.3, 0.4) is 0 Å². The Bertz CT molecular complexity index is 399. The first-order valence-electron chi connectivity index (χ1n) is 6.79. The second kappa shape index (κ2) is 6.19. The molecule has 98 valence electrons. The molecule has 1 aromatic rings. The molecule has 0 bridgehead atoms. The normalized spacial score (nSPS) is 23.6. The van der Waals surface area contributed by atoms with Crippen molar-refractivity contribution in [3.8, 4) is 0 Å². The van der Waals surface area contributed by atoms with Crippen LogP contribution in [-0.4, -0.2) is 11.5 Å². The number of hydrogen-bond acceptors (Lipinski definition) is 2. The lowest BCUT2D eigenvalue weighted by Crippen LogP contribution is -2.21. The van der Waals surface area contributed by atoms with Crippen molar-refractivity contribution in [2.75, 3.05) is 11.9 Å². The van der Waals surface area contributed by atoms with Gasteiger partial charge in [-0.1, -0.05) is 32.0 Å². The highest BCUT2D eigenvalue weighted by Gasteiger charge is 2.18. The van der Waals surface area contributed by atoms with E-state index in [1.165, 1.54) is 25.7 Å². The molecule has 0 radical (unpaired) electrons. The molecule has 1 aromatic carbocycles. The van der Waals surface area contributed by atoms with Crippen molar-refractivity contribution in [1.29, 1.82) is 0 Å². The highest BCUT2D eigenvalue weighted by atomic mass is 32.1. The molecule has 0 aliphatic heterocycles. The molecular weight excluding hydrogens is 240 g/mol. The van der Waals surface area contributed by atoms with Gasteiger partial charge in [-0.2, -0.15) is 0 Å². The smallest absolute Gasteiger partial charge is 0.103 e. The molecule has 18 heavy (non-hydrogen) atoms. The van der Waals surface area contributed by atoms with E-state index in [0.717, 1.165) is 29.6 Å². The van der Waals surface area contributed by atoms with Crippen molar-refractivity contribution >= 4 is 22.9 Å². The standard InChI is InChI=1S/C15H22N2S/c1-11-3-2-4-12(9-11)10-17-14-7-5-13(6-8-14)15(16)18/h5-8,11-12,17H,2-4,9-10H2,1H3,(H2,16,18). The highest BCUT2D eigenvalue weighted by molar-refractivity contribution is 7.80. The number of rotatable bonds is 4. The molecule has 0 saturated heterocycles. The second-order valence-corrected chi connectivity index (χ2v) is 5.90. The largest absolute Gasteiger partial charge is 0.389 e. The summed E-state index contributed by atoms with van der Waals surface area (Å²) in [6.45, 7) is 3.44. The van der Waals surface area contributed by atoms with E-state index < -0.39 is 0 Å². The van der Waals surface area contributed by atoms with Gasteiger partial charge in [0.15, 0.2) is 0 Å². The predicted octanol–water partition coefficient (Wildman–Crippen LogP) is 3.56. The SMILES string of the molecule is CC1CCCC(CNc2ccc(C(N)=S)cc2)C1. The number of hydrogen-bond donors (Lipinski definition) is 2. The van der Waals surface area contributed by atoms with E-state index in [4.69, 9.17) is 18.0 Å². The fourth-order valence-corrected chi connectivity index (χ4v) is 2.90. The average molecular weight is 262 g/mol. The first-order chi connectivity index (χ1) is 8.65. The molecule has 1 aliphatic carbocycles. The van der Waals surface area contributed by atoms with Gasteiger partial charge in [-0.15, -0.1) is 0 Å². The monoisotopic (exact) mass is 262 g/mol. The van der Waals surface area contributed by atoms with Gasteiger partial charge in [-0.05, 0) is 48.9 Å². The summed E-state index contributed by atoms with van der Waals surface area (Å²) in [4.78, 5) is 0.461. The average Bonchev–Trinajstić information content (AvgIpc) is 2.37. The molecule has 2 nitrogen and oxygen atoms in total. The van der Waals surface area contributed by atoms with Gasteiger partial charge in [0.05, 0.1) is 0 Å². The zero-order valence-electron chi connectivity index (χ0n) is 11.0. The summed E-state index contributed by atoms with van der Waals surface area (Å²) < 4.78 is 0. The Balaban J connectivity index is 1.84. The van der Waals surface area contributed by atoms with E-state index in [2.05, 4.69) is 24.4 Å². The molecule has 2 rings (SSSR count). The van der Waals surface area contributed by atoms with Crippen LogP contribution in [0.25, 0.3) is 0 Å². The van der Waals surface area contributed by atoms with Crippen molar-refractivity contribution in [3.05, 3.63) is 29.8 Å². The fourth-order valence-electron chi connectivity index (χ4n) is 2.76. The van der Waals surface area contributed by atoms with E-state index in [9.17, 15) is 0 Å². The predicted molar refractivity (Wildman–Crippen MR) is 81.9 cm³/mol. The van der Waals surface area contributed by atoms with Crippen molar-refractivity contribution < 1.29 is 0 Å². The van der Waals surface area contributed by atoms with Gasteiger partial charge in [-0.3, -0.25) is 0 Å². The zero-order valence-corrected chi connectivity index (χ0v) is 11.8. The summed E-state index contributed by atoms with van der Waals surface area (Å²) >= 11 is 4.94. The maximum absolute atomic E-state index is 5.58. The van der Waals surface area contributed by atoms with Gasteiger partial charge in [-0.25, -0.2) is 0 Å². The Morgan fingerprint density at radius 1 is 1.33 bits per heavy atom. The lowest BCUT2D eigenvalue weighted by atomic mass is 9.82. The van der Waals surface area contributed by atoms with Gasteiger partial charge >= 0.3 is 0 Å². The Morgan fingerprint density at radius 3 is 2.67 bits per heavy atom. The summed E-state index contributed by atoms with van der Waals surface area (Å²) in [5, 5.41) is 3.52. The third-order valence-electron chi connectivity index (χ3n) is 3.81. The Morgan fingerprint density at radius 2 is 2.06 bits per heavy atom. The quantitative estimate of drug-likeness (QED) is 0.815.